The number of non-ortho nitro benzene ring substituents is 1. The van der Waals surface area contributed by atoms with Gasteiger partial charge in [0.1, 0.15) is 0 Å². The summed E-state index contributed by atoms with van der Waals surface area (Å²) in [5.74, 6) is 1.20. The molecule has 0 atom stereocenters. The van der Waals surface area contributed by atoms with E-state index in [4.69, 9.17) is 9.47 Å². The zero-order valence-electron chi connectivity index (χ0n) is 13.0. The lowest BCUT2D eigenvalue weighted by molar-refractivity contribution is -0.384. The largest absolute Gasteiger partial charge is 0.493 e. The number of methoxy groups -OCH3 is 2. The summed E-state index contributed by atoms with van der Waals surface area (Å²) in [6, 6.07) is 8.42. The summed E-state index contributed by atoms with van der Waals surface area (Å²) in [6.45, 7) is 0. The molecule has 0 amide bonds. The molecule has 0 spiro atoms. The third-order valence-electron chi connectivity index (χ3n) is 4.14. The Bertz CT molecular complexity index is 1120. The van der Waals surface area contributed by atoms with Gasteiger partial charge in [-0.3, -0.25) is 15.1 Å². The van der Waals surface area contributed by atoms with Crippen LogP contribution in [0.5, 0.6) is 11.5 Å². The van der Waals surface area contributed by atoms with Crippen LogP contribution in [0.25, 0.3) is 32.7 Å². The molecule has 0 aliphatic heterocycles. The van der Waals surface area contributed by atoms with Crippen LogP contribution in [0, 0.1) is 10.1 Å². The summed E-state index contributed by atoms with van der Waals surface area (Å²) < 4.78 is 10.7. The Morgan fingerprint density at radius 3 is 2.50 bits per heavy atom. The van der Waals surface area contributed by atoms with E-state index in [1.54, 1.807) is 26.5 Å². The number of aromatic amines is 1. The van der Waals surface area contributed by atoms with E-state index in [2.05, 4.69) is 9.97 Å². The van der Waals surface area contributed by atoms with Crippen molar-refractivity contribution in [2.75, 3.05) is 14.2 Å². The first-order valence-electron chi connectivity index (χ1n) is 7.23. The Kier molecular flexibility index (Phi) is 3.02. The fourth-order valence-corrected chi connectivity index (χ4v) is 2.98. The van der Waals surface area contributed by atoms with E-state index in [9.17, 15) is 10.1 Å². The van der Waals surface area contributed by atoms with E-state index in [1.807, 2.05) is 12.1 Å². The van der Waals surface area contributed by atoms with Crippen molar-refractivity contribution in [1.29, 1.82) is 0 Å². The van der Waals surface area contributed by atoms with Gasteiger partial charge in [-0.2, -0.15) is 0 Å². The van der Waals surface area contributed by atoms with E-state index in [0.29, 0.717) is 17.0 Å². The highest BCUT2D eigenvalue weighted by Crippen LogP contribution is 2.37. The average molecular weight is 323 g/mol. The number of aromatic nitrogens is 2. The smallest absolute Gasteiger partial charge is 0.271 e. The minimum atomic E-state index is -0.408. The van der Waals surface area contributed by atoms with Gasteiger partial charge in [-0.25, -0.2) is 0 Å². The summed E-state index contributed by atoms with van der Waals surface area (Å²) in [5.41, 5.74) is 2.35. The van der Waals surface area contributed by atoms with Gasteiger partial charge in [-0.1, -0.05) is 0 Å². The number of hydrogen-bond donors (Lipinski definition) is 1. The Balaban J connectivity index is 2.09. The molecule has 2 aromatic heterocycles. The second-order valence-electron chi connectivity index (χ2n) is 5.38. The fourth-order valence-electron chi connectivity index (χ4n) is 2.98. The molecular formula is C17H13N3O4. The van der Waals surface area contributed by atoms with Crippen molar-refractivity contribution >= 4 is 38.4 Å². The number of hydrogen-bond acceptors (Lipinski definition) is 5. The van der Waals surface area contributed by atoms with Crippen molar-refractivity contribution < 1.29 is 14.4 Å². The predicted octanol–water partition coefficient (Wildman–Crippen LogP) is 3.79. The SMILES string of the molecule is COc1cc2ncc3c4ccc([N+](=O)[O-])cc4[nH]c3c2cc1OC. The average Bonchev–Trinajstić information content (AvgIpc) is 2.98. The molecule has 0 saturated carbocycles. The maximum atomic E-state index is 11.0. The van der Waals surface area contributed by atoms with Crippen LogP contribution in [0.2, 0.25) is 0 Å². The molecule has 0 aliphatic carbocycles. The Hall–Kier alpha value is -3.35. The van der Waals surface area contributed by atoms with E-state index >= 15 is 0 Å². The van der Waals surface area contributed by atoms with Crippen LogP contribution < -0.4 is 9.47 Å². The van der Waals surface area contributed by atoms with Gasteiger partial charge in [0.15, 0.2) is 11.5 Å². The van der Waals surface area contributed by atoms with Crippen LogP contribution in [0.1, 0.15) is 0 Å². The number of ether oxygens (including phenoxy) is 2. The molecule has 0 aliphatic rings. The normalized spacial score (nSPS) is 11.2. The minimum Gasteiger partial charge on any atom is -0.493 e. The second kappa shape index (κ2) is 5.09. The van der Waals surface area contributed by atoms with Crippen molar-refractivity contribution in [3.05, 3.63) is 46.6 Å². The van der Waals surface area contributed by atoms with E-state index in [0.717, 1.165) is 27.2 Å². The quantitative estimate of drug-likeness (QED) is 0.457. The van der Waals surface area contributed by atoms with Gasteiger partial charge in [-0.05, 0) is 12.1 Å². The molecule has 7 heteroatoms. The monoisotopic (exact) mass is 323 g/mol. The highest BCUT2D eigenvalue weighted by molar-refractivity contribution is 6.16. The number of pyridine rings is 1. The molecule has 0 radical (unpaired) electrons. The number of fused-ring (bicyclic) bond motifs is 5. The highest BCUT2D eigenvalue weighted by Gasteiger charge is 2.14. The van der Waals surface area contributed by atoms with Crippen LogP contribution in [0.15, 0.2) is 36.5 Å². The topological polar surface area (TPSA) is 90.3 Å². The van der Waals surface area contributed by atoms with Crippen molar-refractivity contribution in [2.24, 2.45) is 0 Å². The summed E-state index contributed by atoms with van der Waals surface area (Å²) in [4.78, 5) is 18.3. The van der Waals surface area contributed by atoms with Crippen molar-refractivity contribution in [3.63, 3.8) is 0 Å². The second-order valence-corrected chi connectivity index (χ2v) is 5.38. The summed E-state index contributed by atoms with van der Waals surface area (Å²) in [7, 11) is 3.15. The molecule has 120 valence electrons. The maximum Gasteiger partial charge on any atom is 0.271 e. The number of H-pyrrole nitrogens is 1. The summed E-state index contributed by atoms with van der Waals surface area (Å²) in [5, 5.41) is 13.6. The van der Waals surface area contributed by atoms with Crippen LogP contribution in [0.3, 0.4) is 0 Å². The standard InChI is InChI=1S/C17H13N3O4/c1-23-15-6-11-13(7-16(15)24-2)18-8-12-10-4-3-9(20(21)22)5-14(10)19-17(11)12/h3-8,19H,1-2H3. The van der Waals surface area contributed by atoms with Crippen LogP contribution in [0.4, 0.5) is 5.69 Å². The van der Waals surface area contributed by atoms with Gasteiger partial charge in [0.25, 0.3) is 5.69 Å². The molecule has 4 aromatic rings. The van der Waals surface area contributed by atoms with Crippen LogP contribution in [-0.2, 0) is 0 Å². The summed E-state index contributed by atoms with van der Waals surface area (Å²) >= 11 is 0. The minimum absolute atomic E-state index is 0.0468. The third kappa shape index (κ3) is 1.95. The van der Waals surface area contributed by atoms with Crippen molar-refractivity contribution in [1.82, 2.24) is 9.97 Å². The molecule has 2 aromatic carbocycles. The molecule has 24 heavy (non-hydrogen) atoms. The Morgan fingerprint density at radius 2 is 1.79 bits per heavy atom. The number of nitro benzene ring substituents is 1. The van der Waals surface area contributed by atoms with E-state index in [1.165, 1.54) is 12.1 Å². The lowest BCUT2D eigenvalue weighted by atomic mass is 10.1. The number of nitrogens with zero attached hydrogens (tertiary/aromatic N) is 2. The molecule has 0 unspecified atom stereocenters. The van der Waals surface area contributed by atoms with Crippen molar-refractivity contribution in [2.45, 2.75) is 0 Å². The molecule has 2 heterocycles. The van der Waals surface area contributed by atoms with Gasteiger partial charge in [0.05, 0.1) is 35.7 Å². The fraction of sp³-hybridized carbons (Fsp3) is 0.118. The van der Waals surface area contributed by atoms with Gasteiger partial charge in [0, 0.05) is 40.6 Å². The van der Waals surface area contributed by atoms with Gasteiger partial charge in [-0.15, -0.1) is 0 Å². The zero-order chi connectivity index (χ0) is 16.8. The number of rotatable bonds is 3. The zero-order valence-corrected chi connectivity index (χ0v) is 13.0. The first kappa shape index (κ1) is 14.3. The van der Waals surface area contributed by atoms with E-state index in [-0.39, 0.29) is 5.69 Å². The number of nitrogens with one attached hydrogen (secondary N) is 1. The van der Waals surface area contributed by atoms with E-state index < -0.39 is 4.92 Å². The molecule has 1 N–H and O–H groups in total. The highest BCUT2D eigenvalue weighted by atomic mass is 16.6. The Labute approximate surface area is 136 Å². The van der Waals surface area contributed by atoms with Crippen LogP contribution >= 0.6 is 0 Å². The maximum absolute atomic E-state index is 11.0. The van der Waals surface area contributed by atoms with Gasteiger partial charge < -0.3 is 14.5 Å². The van der Waals surface area contributed by atoms with Crippen LogP contribution in [-0.4, -0.2) is 29.1 Å². The predicted molar refractivity (Wildman–Crippen MR) is 90.9 cm³/mol. The molecular weight excluding hydrogens is 310 g/mol. The number of benzene rings is 2. The lowest BCUT2D eigenvalue weighted by Gasteiger charge is -2.09. The first-order valence-corrected chi connectivity index (χ1v) is 7.23. The van der Waals surface area contributed by atoms with Gasteiger partial charge in [0.2, 0.25) is 0 Å². The molecule has 0 bridgehead atoms. The molecule has 0 fully saturated rings. The molecule has 4 rings (SSSR count). The van der Waals surface area contributed by atoms with Gasteiger partial charge >= 0.3 is 0 Å². The van der Waals surface area contributed by atoms with Crippen molar-refractivity contribution in [3.8, 4) is 11.5 Å². The Morgan fingerprint density at radius 1 is 1.04 bits per heavy atom. The lowest BCUT2D eigenvalue weighted by Crippen LogP contribution is -1.91. The molecule has 0 saturated heterocycles. The number of nitro groups is 1. The summed E-state index contributed by atoms with van der Waals surface area (Å²) in [6.07, 6.45) is 1.76. The molecule has 7 nitrogen and oxygen atoms in total. The first-order chi connectivity index (χ1) is 11.6. The third-order valence-corrected chi connectivity index (χ3v) is 4.14.